The van der Waals surface area contributed by atoms with Crippen LogP contribution in [-0.2, 0) is 22.4 Å². The van der Waals surface area contributed by atoms with Gasteiger partial charge in [-0.1, -0.05) is 109 Å². The minimum atomic E-state index is -3.06. The van der Waals surface area contributed by atoms with E-state index in [0.717, 1.165) is 5.56 Å². The molecule has 0 aliphatic rings. The molecule has 2 N–H and O–H groups in total. The summed E-state index contributed by atoms with van der Waals surface area (Å²) in [4.78, 5) is 21.4. The maximum atomic E-state index is 15.3. The topological polar surface area (TPSA) is 74.6 Å². The van der Waals surface area contributed by atoms with E-state index in [1.54, 1.807) is 24.3 Å². The molecule has 0 radical (unpaired) electrons. The number of hydrogen-bond donors (Lipinski definition) is 2. The minimum absolute atomic E-state index is 0.0161. The van der Waals surface area contributed by atoms with Crippen LogP contribution in [0.5, 0.6) is 0 Å². The van der Waals surface area contributed by atoms with Crippen molar-refractivity contribution in [3.05, 3.63) is 59.7 Å². The third kappa shape index (κ3) is 9.04. The fraction of sp³-hybridized carbons (Fsp3) is 0.500. The van der Waals surface area contributed by atoms with Crippen molar-refractivity contribution in [2.24, 2.45) is 0 Å². The summed E-state index contributed by atoms with van der Waals surface area (Å²) in [5.41, 5.74) is 2.98. The summed E-state index contributed by atoms with van der Waals surface area (Å²) in [7, 11) is -4.06. The molecule has 0 atom stereocenters. The van der Waals surface area contributed by atoms with Gasteiger partial charge in [0, 0.05) is 0 Å². The van der Waals surface area contributed by atoms with Crippen molar-refractivity contribution in [2.45, 2.75) is 90.4 Å². The summed E-state index contributed by atoms with van der Waals surface area (Å²) >= 11 is 0. The quantitative estimate of drug-likeness (QED) is 0.307. The summed E-state index contributed by atoms with van der Waals surface area (Å²) in [6.07, 6.45) is 0.0830. The molecule has 2 aromatic carbocycles. The second kappa shape index (κ2) is 13.7. The number of carboxylic acid groups (broad SMARTS) is 2. The molecule has 0 aromatic heterocycles. The van der Waals surface area contributed by atoms with Crippen LogP contribution in [0.25, 0.3) is 0 Å². The molecule has 2 aromatic rings. The van der Waals surface area contributed by atoms with Crippen LogP contribution < -0.4 is 10.4 Å². The number of aliphatic carboxylic acids is 2. The predicted octanol–water partition coefficient (Wildman–Crippen LogP) is 5.82. The molecular formula is C28H43FO4Si2. The molecule has 0 bridgehead atoms. The molecule has 0 spiro atoms. The van der Waals surface area contributed by atoms with Crippen molar-refractivity contribution in [1.82, 2.24) is 0 Å². The highest BCUT2D eigenvalue weighted by molar-refractivity contribution is 6.88. The van der Waals surface area contributed by atoms with E-state index in [1.807, 2.05) is 39.8 Å². The molecule has 0 unspecified atom stereocenters. The average molecular weight is 519 g/mol. The van der Waals surface area contributed by atoms with Crippen LogP contribution in [-0.4, -0.2) is 39.4 Å². The van der Waals surface area contributed by atoms with E-state index in [0.29, 0.717) is 21.8 Å². The first-order valence-electron chi connectivity index (χ1n) is 12.5. The minimum Gasteiger partial charge on any atom is -0.481 e. The SMILES string of the molecule is CC(C)[SiH](c1cccc(CC(=O)O)c1)C(C)C.CC(C)[Si](F)(c1cccc(CC(=O)O)c1)C(C)C. The van der Waals surface area contributed by atoms with Gasteiger partial charge in [-0.2, -0.15) is 0 Å². The zero-order valence-corrected chi connectivity index (χ0v) is 24.7. The van der Waals surface area contributed by atoms with Crippen molar-refractivity contribution in [3.63, 3.8) is 0 Å². The third-order valence-corrected chi connectivity index (χ3v) is 15.1. The molecule has 4 nitrogen and oxygen atoms in total. The van der Waals surface area contributed by atoms with E-state index in [2.05, 4.69) is 39.8 Å². The van der Waals surface area contributed by atoms with E-state index in [9.17, 15) is 9.59 Å². The summed E-state index contributed by atoms with van der Waals surface area (Å²) in [5.74, 6) is -1.64. The Bertz CT molecular complexity index is 957. The van der Waals surface area contributed by atoms with Gasteiger partial charge in [-0.05, 0) is 38.5 Å². The molecule has 2 rings (SSSR count). The summed E-state index contributed by atoms with van der Waals surface area (Å²) in [5, 5.41) is 19.7. The highest BCUT2D eigenvalue weighted by atomic mass is 28.4. The van der Waals surface area contributed by atoms with Crippen LogP contribution >= 0.6 is 0 Å². The first kappa shape index (κ1) is 30.8. The standard InChI is InChI=1S/C14H21FO2Si.C14H22O2Si/c1-10(2)18(15,11(3)4)13-7-5-6-12(8-13)9-14(16)17;1-10(2)17(11(3)4)13-7-5-6-12(8-13)9-14(15)16/h5-8,10-11H,9H2,1-4H3,(H,16,17);5-8,10-11,17H,9H2,1-4H3,(H,15,16). The fourth-order valence-electron chi connectivity index (χ4n) is 5.05. The number of carbonyl (C=O) groups is 2. The Hall–Kier alpha value is -2.26. The van der Waals surface area contributed by atoms with Crippen molar-refractivity contribution in [2.75, 3.05) is 0 Å². The van der Waals surface area contributed by atoms with Crippen molar-refractivity contribution < 1.29 is 23.9 Å². The van der Waals surface area contributed by atoms with Gasteiger partial charge in [0.25, 0.3) is 8.41 Å². The van der Waals surface area contributed by atoms with Crippen LogP contribution in [0.1, 0.15) is 66.5 Å². The molecule has 0 aliphatic heterocycles. The lowest BCUT2D eigenvalue weighted by Gasteiger charge is -2.31. The Labute approximate surface area is 213 Å². The Balaban J connectivity index is 0.000000351. The zero-order valence-electron chi connectivity index (χ0n) is 22.5. The monoisotopic (exact) mass is 518 g/mol. The Kier molecular flexibility index (Phi) is 12.1. The van der Waals surface area contributed by atoms with E-state index in [1.165, 1.54) is 5.19 Å². The molecule has 0 amide bonds. The second-order valence-electron chi connectivity index (χ2n) is 10.7. The Morgan fingerprint density at radius 3 is 1.60 bits per heavy atom. The Morgan fingerprint density at radius 1 is 0.771 bits per heavy atom. The van der Waals surface area contributed by atoms with Gasteiger partial charge in [-0.15, -0.1) is 0 Å². The average Bonchev–Trinajstić information content (AvgIpc) is 2.72. The van der Waals surface area contributed by atoms with Gasteiger partial charge in [0.1, 0.15) is 0 Å². The van der Waals surface area contributed by atoms with E-state index < -0.39 is 29.1 Å². The van der Waals surface area contributed by atoms with Gasteiger partial charge in [-0.3, -0.25) is 9.59 Å². The summed E-state index contributed by atoms with van der Waals surface area (Å²) < 4.78 is 15.3. The van der Waals surface area contributed by atoms with E-state index in [-0.39, 0.29) is 23.9 Å². The van der Waals surface area contributed by atoms with Crippen molar-refractivity contribution in [3.8, 4) is 0 Å². The number of halogens is 1. The lowest BCUT2D eigenvalue weighted by Crippen LogP contribution is -2.49. The molecular weight excluding hydrogens is 475 g/mol. The maximum Gasteiger partial charge on any atom is 0.307 e. The van der Waals surface area contributed by atoms with Crippen molar-refractivity contribution >= 4 is 39.5 Å². The molecule has 35 heavy (non-hydrogen) atoms. The first-order chi connectivity index (χ1) is 16.2. The molecule has 0 saturated carbocycles. The highest BCUT2D eigenvalue weighted by Crippen LogP contribution is 2.33. The number of carboxylic acids is 2. The lowest BCUT2D eigenvalue weighted by atomic mass is 10.1. The number of hydrogen-bond acceptors (Lipinski definition) is 2. The van der Waals surface area contributed by atoms with Gasteiger partial charge in [-0.25, -0.2) is 0 Å². The third-order valence-electron chi connectivity index (χ3n) is 6.53. The molecule has 194 valence electrons. The van der Waals surface area contributed by atoms with Crippen LogP contribution in [0.4, 0.5) is 4.11 Å². The normalized spacial score (nSPS) is 11.8. The number of rotatable bonds is 10. The van der Waals surface area contributed by atoms with Crippen LogP contribution in [0, 0.1) is 0 Å². The van der Waals surface area contributed by atoms with Crippen molar-refractivity contribution in [1.29, 1.82) is 0 Å². The van der Waals surface area contributed by atoms with Gasteiger partial charge in [0.05, 0.1) is 21.6 Å². The predicted molar refractivity (Wildman–Crippen MR) is 149 cm³/mol. The van der Waals surface area contributed by atoms with Crippen LogP contribution in [0.3, 0.4) is 0 Å². The summed E-state index contributed by atoms with van der Waals surface area (Å²) in [6, 6.07) is 15.2. The molecule has 0 aliphatic carbocycles. The number of benzene rings is 2. The summed E-state index contributed by atoms with van der Waals surface area (Å²) in [6.45, 7) is 16.8. The Morgan fingerprint density at radius 2 is 1.20 bits per heavy atom. The highest BCUT2D eigenvalue weighted by Gasteiger charge is 2.43. The van der Waals surface area contributed by atoms with Gasteiger partial charge in [0.2, 0.25) is 0 Å². The van der Waals surface area contributed by atoms with Gasteiger partial charge < -0.3 is 14.3 Å². The van der Waals surface area contributed by atoms with Crippen LogP contribution in [0.2, 0.25) is 22.2 Å². The van der Waals surface area contributed by atoms with E-state index in [4.69, 9.17) is 10.2 Å². The smallest absolute Gasteiger partial charge is 0.307 e. The fourth-order valence-corrected chi connectivity index (χ4v) is 12.3. The lowest BCUT2D eigenvalue weighted by molar-refractivity contribution is -0.137. The zero-order chi connectivity index (χ0) is 26.9. The second-order valence-corrected chi connectivity index (χ2v) is 19.5. The van der Waals surface area contributed by atoms with Gasteiger partial charge in [0.15, 0.2) is 0 Å². The molecule has 0 heterocycles. The molecule has 0 saturated heterocycles. The largest absolute Gasteiger partial charge is 0.481 e. The first-order valence-corrected chi connectivity index (χ1v) is 16.4. The molecule has 7 heteroatoms. The van der Waals surface area contributed by atoms with E-state index >= 15 is 4.11 Å². The van der Waals surface area contributed by atoms with Crippen LogP contribution in [0.15, 0.2) is 48.5 Å². The molecule has 0 fully saturated rings. The maximum absolute atomic E-state index is 15.3. The van der Waals surface area contributed by atoms with Gasteiger partial charge >= 0.3 is 11.9 Å².